The van der Waals surface area contributed by atoms with Crippen LogP contribution in [0.15, 0.2) is 30.7 Å². The highest BCUT2D eigenvalue weighted by molar-refractivity contribution is 5.95. The number of anilines is 1. The molecule has 0 aromatic carbocycles. The Hall–Kier alpha value is -2.37. The van der Waals surface area contributed by atoms with Gasteiger partial charge in [-0.3, -0.25) is 9.48 Å². The summed E-state index contributed by atoms with van der Waals surface area (Å²) in [5, 5.41) is 7.07. The molecule has 0 aliphatic heterocycles. The van der Waals surface area contributed by atoms with E-state index >= 15 is 0 Å². The standard InChI is InChI=1S/C17H22N4O2/c1-11(2)10-23-16-5-4-13(8-18-16)20-17(22)15-6-14(15)12-7-19-21(3)9-12/h4-5,7-9,11,14-15H,6,10H2,1-3H3,(H,20,22)/t14-,15-/m0/s1. The summed E-state index contributed by atoms with van der Waals surface area (Å²) >= 11 is 0. The van der Waals surface area contributed by atoms with E-state index in [1.807, 2.05) is 25.5 Å². The van der Waals surface area contributed by atoms with Gasteiger partial charge < -0.3 is 10.1 Å². The molecule has 1 N–H and O–H groups in total. The van der Waals surface area contributed by atoms with E-state index in [0.29, 0.717) is 24.1 Å². The lowest BCUT2D eigenvalue weighted by molar-refractivity contribution is -0.117. The van der Waals surface area contributed by atoms with Gasteiger partial charge in [-0.1, -0.05) is 13.8 Å². The lowest BCUT2D eigenvalue weighted by Crippen LogP contribution is -2.14. The maximum absolute atomic E-state index is 12.3. The molecule has 1 saturated carbocycles. The first-order valence-electron chi connectivity index (χ1n) is 7.91. The highest BCUT2D eigenvalue weighted by Crippen LogP contribution is 2.47. The normalized spacial score (nSPS) is 19.7. The van der Waals surface area contributed by atoms with Crippen LogP contribution in [0.2, 0.25) is 0 Å². The summed E-state index contributed by atoms with van der Waals surface area (Å²) in [7, 11) is 1.88. The average Bonchev–Trinajstić information content (AvgIpc) is 3.21. The smallest absolute Gasteiger partial charge is 0.228 e. The molecule has 1 fully saturated rings. The molecule has 0 saturated heterocycles. The van der Waals surface area contributed by atoms with Crippen molar-refractivity contribution in [1.82, 2.24) is 14.8 Å². The highest BCUT2D eigenvalue weighted by Gasteiger charge is 2.44. The lowest BCUT2D eigenvalue weighted by atomic mass is 10.2. The number of carbonyl (C=O) groups is 1. The molecule has 1 aliphatic carbocycles. The van der Waals surface area contributed by atoms with Crippen molar-refractivity contribution in [2.75, 3.05) is 11.9 Å². The number of ether oxygens (including phenoxy) is 1. The van der Waals surface area contributed by atoms with Crippen molar-refractivity contribution in [3.8, 4) is 5.88 Å². The zero-order valence-corrected chi connectivity index (χ0v) is 13.7. The van der Waals surface area contributed by atoms with Crippen molar-refractivity contribution in [3.05, 3.63) is 36.3 Å². The van der Waals surface area contributed by atoms with Crippen LogP contribution in [0.25, 0.3) is 0 Å². The van der Waals surface area contributed by atoms with Gasteiger partial charge in [-0.2, -0.15) is 5.10 Å². The third-order valence-corrected chi connectivity index (χ3v) is 3.85. The molecule has 6 nitrogen and oxygen atoms in total. The second-order valence-corrected chi connectivity index (χ2v) is 6.48. The molecule has 6 heteroatoms. The summed E-state index contributed by atoms with van der Waals surface area (Å²) < 4.78 is 7.30. The number of aryl methyl sites for hydroxylation is 1. The maximum atomic E-state index is 12.3. The first kappa shape index (κ1) is 15.5. The van der Waals surface area contributed by atoms with Gasteiger partial charge in [0.05, 0.1) is 24.7 Å². The number of pyridine rings is 1. The Bertz CT molecular complexity index is 678. The minimum atomic E-state index is 0.0241. The monoisotopic (exact) mass is 314 g/mol. The average molecular weight is 314 g/mol. The number of carbonyl (C=O) groups excluding carboxylic acids is 1. The number of aromatic nitrogens is 3. The summed E-state index contributed by atoms with van der Waals surface area (Å²) in [5.74, 6) is 1.38. The zero-order chi connectivity index (χ0) is 16.4. The van der Waals surface area contributed by atoms with E-state index < -0.39 is 0 Å². The van der Waals surface area contributed by atoms with Crippen LogP contribution in [0.4, 0.5) is 5.69 Å². The number of hydrogen-bond donors (Lipinski definition) is 1. The summed E-state index contributed by atoms with van der Waals surface area (Å²) in [6.07, 6.45) is 6.32. The molecule has 0 bridgehead atoms. The molecule has 1 aliphatic rings. The van der Waals surface area contributed by atoms with Gasteiger partial charge in [0.2, 0.25) is 11.8 Å². The SMILES string of the molecule is CC(C)COc1ccc(NC(=O)[C@H]2C[C@H]2c2cnn(C)c2)cn1. The number of nitrogens with one attached hydrogen (secondary N) is 1. The Kier molecular flexibility index (Phi) is 4.32. The number of amides is 1. The van der Waals surface area contributed by atoms with Crippen LogP contribution in [0.5, 0.6) is 5.88 Å². The number of nitrogens with zero attached hydrogens (tertiary/aromatic N) is 3. The van der Waals surface area contributed by atoms with Crippen molar-refractivity contribution in [2.24, 2.45) is 18.9 Å². The fourth-order valence-electron chi connectivity index (χ4n) is 2.51. The zero-order valence-electron chi connectivity index (χ0n) is 13.7. The van der Waals surface area contributed by atoms with Gasteiger partial charge in [0, 0.05) is 25.2 Å². The molecular formula is C17H22N4O2. The third-order valence-electron chi connectivity index (χ3n) is 3.85. The fraction of sp³-hybridized carbons (Fsp3) is 0.471. The Morgan fingerprint density at radius 1 is 1.43 bits per heavy atom. The highest BCUT2D eigenvalue weighted by atomic mass is 16.5. The summed E-state index contributed by atoms with van der Waals surface area (Å²) in [6, 6.07) is 3.60. The third kappa shape index (κ3) is 3.88. The van der Waals surface area contributed by atoms with E-state index in [4.69, 9.17) is 4.74 Å². The van der Waals surface area contributed by atoms with Gasteiger partial charge >= 0.3 is 0 Å². The van der Waals surface area contributed by atoms with E-state index in [1.54, 1.807) is 16.9 Å². The van der Waals surface area contributed by atoms with Gasteiger partial charge in [0.1, 0.15) is 0 Å². The van der Waals surface area contributed by atoms with E-state index in [9.17, 15) is 4.79 Å². The van der Waals surface area contributed by atoms with Crippen molar-refractivity contribution in [2.45, 2.75) is 26.2 Å². The Labute approximate surface area is 135 Å². The Morgan fingerprint density at radius 2 is 2.26 bits per heavy atom. The van der Waals surface area contributed by atoms with Crippen LogP contribution in [0.1, 0.15) is 31.7 Å². The van der Waals surface area contributed by atoms with E-state index in [-0.39, 0.29) is 17.7 Å². The quantitative estimate of drug-likeness (QED) is 0.890. The molecule has 23 heavy (non-hydrogen) atoms. The van der Waals surface area contributed by atoms with Crippen LogP contribution in [-0.4, -0.2) is 27.3 Å². The van der Waals surface area contributed by atoms with Crippen molar-refractivity contribution in [3.63, 3.8) is 0 Å². The molecule has 0 unspecified atom stereocenters. The Balaban J connectivity index is 1.52. The van der Waals surface area contributed by atoms with E-state index in [2.05, 4.69) is 29.2 Å². The molecule has 3 rings (SSSR count). The number of hydrogen-bond acceptors (Lipinski definition) is 4. The summed E-state index contributed by atoms with van der Waals surface area (Å²) in [4.78, 5) is 16.5. The molecule has 122 valence electrons. The molecule has 1 amide bonds. The van der Waals surface area contributed by atoms with Crippen molar-refractivity contribution < 1.29 is 9.53 Å². The van der Waals surface area contributed by atoms with E-state index in [0.717, 1.165) is 12.0 Å². The fourth-order valence-corrected chi connectivity index (χ4v) is 2.51. The number of rotatable bonds is 6. The van der Waals surface area contributed by atoms with Gasteiger partial charge in [-0.25, -0.2) is 4.98 Å². The predicted octanol–water partition coefficient (Wildman–Crippen LogP) is 2.59. The Morgan fingerprint density at radius 3 is 2.87 bits per heavy atom. The van der Waals surface area contributed by atoms with Crippen LogP contribution in [-0.2, 0) is 11.8 Å². The summed E-state index contributed by atoms with van der Waals surface area (Å²) in [6.45, 7) is 4.80. The van der Waals surface area contributed by atoms with Crippen LogP contribution >= 0.6 is 0 Å². The molecule has 2 aromatic rings. The van der Waals surface area contributed by atoms with Gasteiger partial charge in [0.15, 0.2) is 0 Å². The molecule has 0 radical (unpaired) electrons. The largest absolute Gasteiger partial charge is 0.477 e. The van der Waals surface area contributed by atoms with Gasteiger partial charge in [-0.05, 0) is 29.9 Å². The van der Waals surface area contributed by atoms with Gasteiger partial charge in [-0.15, -0.1) is 0 Å². The van der Waals surface area contributed by atoms with Gasteiger partial charge in [0.25, 0.3) is 0 Å². The van der Waals surface area contributed by atoms with E-state index in [1.165, 1.54) is 0 Å². The second-order valence-electron chi connectivity index (χ2n) is 6.48. The lowest BCUT2D eigenvalue weighted by Gasteiger charge is -2.08. The first-order valence-corrected chi connectivity index (χ1v) is 7.91. The molecule has 2 heterocycles. The summed E-state index contributed by atoms with van der Waals surface area (Å²) in [5.41, 5.74) is 1.83. The van der Waals surface area contributed by atoms with Crippen molar-refractivity contribution in [1.29, 1.82) is 0 Å². The molecular weight excluding hydrogens is 292 g/mol. The first-order chi connectivity index (χ1) is 11.0. The van der Waals surface area contributed by atoms with Crippen LogP contribution in [0.3, 0.4) is 0 Å². The minimum Gasteiger partial charge on any atom is -0.477 e. The second kappa shape index (κ2) is 6.40. The minimum absolute atomic E-state index is 0.0241. The topological polar surface area (TPSA) is 69.0 Å². The molecule has 2 aromatic heterocycles. The predicted molar refractivity (Wildman–Crippen MR) is 87.3 cm³/mol. The molecule has 2 atom stereocenters. The molecule has 0 spiro atoms. The van der Waals surface area contributed by atoms with Crippen LogP contribution < -0.4 is 10.1 Å². The van der Waals surface area contributed by atoms with Crippen LogP contribution in [0, 0.1) is 11.8 Å². The van der Waals surface area contributed by atoms with Crippen molar-refractivity contribution >= 4 is 11.6 Å². The maximum Gasteiger partial charge on any atom is 0.228 e.